The van der Waals surface area contributed by atoms with Gasteiger partial charge in [-0.25, -0.2) is 0 Å². The van der Waals surface area contributed by atoms with E-state index in [2.05, 4.69) is 0 Å². The fourth-order valence-corrected chi connectivity index (χ4v) is 1.17. The number of benzene rings is 1. The highest BCUT2D eigenvalue weighted by atomic mass is 35.5. The van der Waals surface area contributed by atoms with E-state index in [0.29, 0.717) is 10.8 Å². The summed E-state index contributed by atoms with van der Waals surface area (Å²) in [6.45, 7) is 0. The summed E-state index contributed by atoms with van der Waals surface area (Å²) in [7, 11) is 1.34. The van der Waals surface area contributed by atoms with Gasteiger partial charge in [0.15, 0.2) is 0 Å². The molecule has 1 aromatic carbocycles. The predicted molar refractivity (Wildman–Crippen MR) is 51.7 cm³/mol. The Hall–Kier alpha value is -1.26. The lowest BCUT2D eigenvalue weighted by atomic mass is 10.2. The number of amides is 1. The van der Waals surface area contributed by atoms with Crippen LogP contribution in [0.1, 0.15) is 10.4 Å². The van der Waals surface area contributed by atoms with Gasteiger partial charge in [0, 0.05) is 5.69 Å². The van der Waals surface area contributed by atoms with Crippen molar-refractivity contribution >= 4 is 23.2 Å². The van der Waals surface area contributed by atoms with Gasteiger partial charge in [-0.3, -0.25) is 4.79 Å². The van der Waals surface area contributed by atoms with Crippen LogP contribution in [0.25, 0.3) is 0 Å². The van der Waals surface area contributed by atoms with Crippen molar-refractivity contribution in [2.45, 2.75) is 0 Å². The maximum atomic E-state index is 10.8. The summed E-state index contributed by atoms with van der Waals surface area (Å²) >= 11 is 5.70. The Balaban J connectivity index is 3.13. The van der Waals surface area contributed by atoms with Gasteiger partial charge >= 0.3 is 0 Å². The van der Waals surface area contributed by atoms with E-state index in [1.807, 2.05) is 0 Å². The lowest BCUT2D eigenvalue weighted by Gasteiger charge is -2.24. The SMILES string of the molecule is CN([O-])c1ccc(C(N)=O)c(Cl)c1. The molecule has 0 aliphatic carbocycles. The topological polar surface area (TPSA) is 69.4 Å². The molecule has 0 unspecified atom stereocenters. The first kappa shape index (κ1) is 9.83. The maximum Gasteiger partial charge on any atom is 0.250 e. The number of hydroxylamine groups is 1. The molecule has 1 amide bonds. The molecule has 0 fully saturated rings. The summed E-state index contributed by atoms with van der Waals surface area (Å²) in [4.78, 5) is 10.7. The van der Waals surface area contributed by atoms with Gasteiger partial charge in [-0.05, 0) is 25.2 Å². The molecule has 0 aliphatic rings. The van der Waals surface area contributed by atoms with Gasteiger partial charge in [-0.15, -0.1) is 0 Å². The van der Waals surface area contributed by atoms with Gasteiger partial charge in [-0.2, -0.15) is 0 Å². The molecule has 70 valence electrons. The van der Waals surface area contributed by atoms with Crippen molar-refractivity contribution in [3.8, 4) is 0 Å². The molecular formula is C8H8ClN2O2-. The smallest absolute Gasteiger partial charge is 0.250 e. The van der Waals surface area contributed by atoms with Crippen LogP contribution in [0.4, 0.5) is 5.69 Å². The van der Waals surface area contributed by atoms with E-state index in [0.717, 1.165) is 0 Å². The number of halogens is 1. The van der Waals surface area contributed by atoms with E-state index >= 15 is 0 Å². The van der Waals surface area contributed by atoms with Crippen molar-refractivity contribution < 1.29 is 4.79 Å². The van der Waals surface area contributed by atoms with Crippen LogP contribution in [0.15, 0.2) is 18.2 Å². The number of primary amides is 1. The maximum absolute atomic E-state index is 10.8. The highest BCUT2D eigenvalue weighted by Gasteiger charge is 2.06. The lowest BCUT2D eigenvalue weighted by molar-refractivity contribution is 0.100. The molecule has 0 saturated heterocycles. The van der Waals surface area contributed by atoms with Crippen molar-refractivity contribution in [1.82, 2.24) is 0 Å². The minimum Gasteiger partial charge on any atom is -0.758 e. The molecule has 13 heavy (non-hydrogen) atoms. The second-order valence-corrected chi connectivity index (χ2v) is 2.93. The summed E-state index contributed by atoms with van der Waals surface area (Å²) in [5.74, 6) is -0.606. The summed E-state index contributed by atoms with van der Waals surface area (Å²) in [5, 5.41) is 11.7. The van der Waals surface area contributed by atoms with Crippen LogP contribution in [-0.2, 0) is 0 Å². The first-order chi connectivity index (χ1) is 6.02. The van der Waals surface area contributed by atoms with E-state index in [9.17, 15) is 10.0 Å². The summed E-state index contributed by atoms with van der Waals surface area (Å²) < 4.78 is 0. The molecule has 0 aromatic heterocycles. The highest BCUT2D eigenvalue weighted by Crippen LogP contribution is 2.22. The number of hydrogen-bond acceptors (Lipinski definition) is 3. The van der Waals surface area contributed by atoms with Gasteiger partial charge in [-0.1, -0.05) is 11.6 Å². The molecule has 1 rings (SSSR count). The molecular weight excluding hydrogens is 192 g/mol. The Kier molecular flexibility index (Phi) is 2.75. The second kappa shape index (κ2) is 3.64. The minimum absolute atomic E-state index is 0.188. The quantitative estimate of drug-likeness (QED) is 0.732. The van der Waals surface area contributed by atoms with Crippen molar-refractivity contribution in [2.75, 3.05) is 12.1 Å². The van der Waals surface area contributed by atoms with Crippen molar-refractivity contribution in [2.24, 2.45) is 5.73 Å². The Labute approximate surface area is 80.5 Å². The number of nitrogens with two attached hydrogens (primary N) is 1. The Morgan fingerprint density at radius 2 is 2.23 bits per heavy atom. The van der Waals surface area contributed by atoms with E-state index in [1.54, 1.807) is 0 Å². The standard InChI is InChI=1S/C8H8ClN2O2/c1-11(13)5-2-3-6(8(10)12)7(9)4-5/h2-4H,1H3,(H2,10,12)/q-1. The molecule has 0 spiro atoms. The van der Waals surface area contributed by atoms with E-state index < -0.39 is 5.91 Å². The van der Waals surface area contributed by atoms with Crippen LogP contribution in [0.2, 0.25) is 5.02 Å². The molecule has 4 nitrogen and oxygen atoms in total. The number of rotatable bonds is 2. The van der Waals surface area contributed by atoms with Gasteiger partial charge in [0.25, 0.3) is 0 Å². The van der Waals surface area contributed by atoms with E-state index in [-0.39, 0.29) is 10.6 Å². The molecule has 0 radical (unpaired) electrons. The van der Waals surface area contributed by atoms with E-state index in [1.165, 1.54) is 25.2 Å². The zero-order valence-electron chi connectivity index (χ0n) is 6.95. The third kappa shape index (κ3) is 2.11. The molecule has 0 bridgehead atoms. The monoisotopic (exact) mass is 199 g/mol. The predicted octanol–water partition coefficient (Wildman–Crippen LogP) is 1.37. The summed E-state index contributed by atoms with van der Waals surface area (Å²) in [6.07, 6.45) is 0. The zero-order valence-corrected chi connectivity index (χ0v) is 7.71. The average Bonchev–Trinajstić information content (AvgIpc) is 2.03. The summed E-state index contributed by atoms with van der Waals surface area (Å²) in [5.41, 5.74) is 5.62. The lowest BCUT2D eigenvalue weighted by Crippen LogP contribution is -2.12. The van der Waals surface area contributed by atoms with Crippen LogP contribution in [-0.4, -0.2) is 13.0 Å². The third-order valence-corrected chi connectivity index (χ3v) is 1.89. The van der Waals surface area contributed by atoms with Gasteiger partial charge in [0.1, 0.15) is 0 Å². The fraction of sp³-hybridized carbons (Fsp3) is 0.125. The van der Waals surface area contributed by atoms with Gasteiger partial charge in [0.05, 0.1) is 10.6 Å². The Bertz CT molecular complexity index is 339. The number of nitrogens with zero attached hydrogens (tertiary/aromatic N) is 1. The first-order valence-corrected chi connectivity index (χ1v) is 3.90. The van der Waals surface area contributed by atoms with Gasteiger partial charge < -0.3 is 16.0 Å². The van der Waals surface area contributed by atoms with Crippen molar-refractivity contribution in [3.63, 3.8) is 0 Å². The van der Waals surface area contributed by atoms with Crippen molar-refractivity contribution in [1.29, 1.82) is 0 Å². The fourth-order valence-electron chi connectivity index (χ4n) is 0.900. The molecule has 0 aliphatic heterocycles. The molecule has 2 N–H and O–H groups in total. The van der Waals surface area contributed by atoms with Crippen LogP contribution in [0, 0.1) is 5.21 Å². The number of hydrogen-bond donors (Lipinski definition) is 1. The summed E-state index contributed by atoms with van der Waals surface area (Å²) in [6, 6.07) is 4.31. The largest absolute Gasteiger partial charge is 0.758 e. The number of carbonyl (C=O) groups is 1. The average molecular weight is 200 g/mol. The van der Waals surface area contributed by atoms with Crippen LogP contribution >= 0.6 is 11.6 Å². The Morgan fingerprint density at radius 1 is 1.62 bits per heavy atom. The number of carbonyl (C=O) groups excluding carboxylic acids is 1. The third-order valence-electron chi connectivity index (χ3n) is 1.58. The second-order valence-electron chi connectivity index (χ2n) is 2.53. The van der Waals surface area contributed by atoms with Crippen LogP contribution in [0.5, 0.6) is 0 Å². The normalized spacial score (nSPS) is 9.77. The van der Waals surface area contributed by atoms with Crippen LogP contribution in [0.3, 0.4) is 0 Å². The molecule has 5 heteroatoms. The highest BCUT2D eigenvalue weighted by molar-refractivity contribution is 6.34. The first-order valence-electron chi connectivity index (χ1n) is 3.52. The zero-order chi connectivity index (χ0) is 10.0. The Morgan fingerprint density at radius 3 is 2.62 bits per heavy atom. The molecule has 1 aromatic rings. The van der Waals surface area contributed by atoms with Crippen LogP contribution < -0.4 is 10.8 Å². The molecule has 0 heterocycles. The molecule has 0 saturated carbocycles. The number of anilines is 1. The van der Waals surface area contributed by atoms with Gasteiger partial charge in [0.2, 0.25) is 5.91 Å². The minimum atomic E-state index is -0.606. The molecule has 0 atom stereocenters. The van der Waals surface area contributed by atoms with E-state index in [4.69, 9.17) is 17.3 Å². The van der Waals surface area contributed by atoms with Crippen molar-refractivity contribution in [3.05, 3.63) is 34.0 Å².